The smallest absolute Gasteiger partial charge is 0.219 e. The number of aromatic nitrogens is 4. The molecule has 1 N–H and O–H groups in total. The third-order valence-electron chi connectivity index (χ3n) is 6.74. The Hall–Kier alpha value is -3.72. The van der Waals surface area contributed by atoms with Crippen LogP contribution in [-0.2, 0) is 4.79 Å². The van der Waals surface area contributed by atoms with E-state index >= 15 is 0 Å². The number of anilines is 1. The van der Waals surface area contributed by atoms with Crippen LogP contribution in [0.2, 0.25) is 0 Å². The van der Waals surface area contributed by atoms with Crippen LogP contribution >= 0.6 is 11.3 Å². The summed E-state index contributed by atoms with van der Waals surface area (Å²) in [6.45, 7) is 5.98. The van der Waals surface area contributed by atoms with E-state index in [0.29, 0.717) is 0 Å². The molecular formula is C26H26N6O2S. The molecule has 1 amide bonds. The van der Waals surface area contributed by atoms with Crippen molar-refractivity contribution in [3.63, 3.8) is 0 Å². The van der Waals surface area contributed by atoms with Crippen LogP contribution in [0.4, 0.5) is 5.82 Å². The van der Waals surface area contributed by atoms with Crippen LogP contribution in [0.1, 0.15) is 32.7 Å². The van der Waals surface area contributed by atoms with Crippen molar-refractivity contribution in [1.82, 2.24) is 24.6 Å². The number of hydrogen-bond acceptors (Lipinski definition) is 7. The summed E-state index contributed by atoms with van der Waals surface area (Å²) in [5.41, 5.74) is 3.80. The molecule has 0 radical (unpaired) electrons. The number of thiophene rings is 1. The van der Waals surface area contributed by atoms with E-state index in [9.17, 15) is 4.79 Å². The summed E-state index contributed by atoms with van der Waals surface area (Å²) in [7, 11) is 0. The molecule has 1 saturated heterocycles. The van der Waals surface area contributed by atoms with Crippen LogP contribution in [0.5, 0.6) is 0 Å². The second-order valence-corrected chi connectivity index (χ2v) is 9.78. The number of hydrogen-bond donors (Lipinski definition) is 1. The fraction of sp³-hybridized carbons (Fsp3) is 0.308. The fourth-order valence-corrected chi connectivity index (χ4v) is 5.79. The normalized spacial score (nSPS) is 14.7. The van der Waals surface area contributed by atoms with Gasteiger partial charge in [0.05, 0.1) is 16.9 Å². The summed E-state index contributed by atoms with van der Waals surface area (Å²) in [4.78, 5) is 22.5. The number of nitrogens with one attached hydrogen (secondary N) is 1. The Bertz CT molecular complexity index is 1530. The van der Waals surface area contributed by atoms with Gasteiger partial charge >= 0.3 is 0 Å². The second kappa shape index (κ2) is 8.81. The van der Waals surface area contributed by atoms with Crippen LogP contribution in [-0.4, -0.2) is 50.2 Å². The minimum absolute atomic E-state index is 0.143. The Balaban J connectivity index is 1.39. The van der Waals surface area contributed by atoms with Crippen LogP contribution in [0.3, 0.4) is 0 Å². The Morgan fingerprint density at radius 1 is 1.20 bits per heavy atom. The minimum Gasteiger partial charge on any atom is -0.452 e. The highest BCUT2D eigenvalue weighted by Gasteiger charge is 2.24. The van der Waals surface area contributed by atoms with E-state index in [1.54, 1.807) is 18.3 Å². The maximum Gasteiger partial charge on any atom is 0.219 e. The molecule has 6 rings (SSSR count). The number of fused-ring (bicyclic) bond motifs is 2. The summed E-state index contributed by atoms with van der Waals surface area (Å²) in [5.74, 6) is 1.70. The molecule has 1 aliphatic rings. The van der Waals surface area contributed by atoms with Gasteiger partial charge in [0.1, 0.15) is 5.76 Å². The first-order chi connectivity index (χ1) is 17.1. The molecule has 0 spiro atoms. The minimum atomic E-state index is 0.143. The number of furan rings is 1. The Morgan fingerprint density at radius 2 is 2.06 bits per heavy atom. The van der Waals surface area contributed by atoms with Gasteiger partial charge in [0, 0.05) is 84.2 Å². The Morgan fingerprint density at radius 3 is 2.86 bits per heavy atom. The topological polar surface area (TPSA) is 89.1 Å². The first-order valence-electron chi connectivity index (χ1n) is 11.9. The first kappa shape index (κ1) is 21.8. The van der Waals surface area contributed by atoms with Gasteiger partial charge in [-0.1, -0.05) is 0 Å². The van der Waals surface area contributed by atoms with Crippen LogP contribution in [0.25, 0.3) is 43.5 Å². The fourth-order valence-electron chi connectivity index (χ4n) is 4.88. The van der Waals surface area contributed by atoms with Crippen molar-refractivity contribution in [1.29, 1.82) is 0 Å². The zero-order chi connectivity index (χ0) is 23.9. The zero-order valence-corrected chi connectivity index (χ0v) is 20.5. The number of piperidine rings is 1. The van der Waals surface area contributed by atoms with Gasteiger partial charge in [0.15, 0.2) is 11.4 Å². The SMILES string of the molecule is CCNc1ncc(-c2cnn(C3CCN(C(C)=O)CC3)c2)c2cc(-c3csc4cnccc34)oc12. The van der Waals surface area contributed by atoms with Gasteiger partial charge in [0.25, 0.3) is 0 Å². The summed E-state index contributed by atoms with van der Waals surface area (Å²) >= 11 is 1.66. The van der Waals surface area contributed by atoms with E-state index in [0.717, 1.165) is 81.8 Å². The van der Waals surface area contributed by atoms with Crippen molar-refractivity contribution in [3.05, 3.63) is 48.5 Å². The lowest BCUT2D eigenvalue weighted by atomic mass is 10.0. The number of amides is 1. The largest absolute Gasteiger partial charge is 0.452 e. The number of nitrogens with zero attached hydrogens (tertiary/aromatic N) is 5. The van der Waals surface area contributed by atoms with Gasteiger partial charge in [-0.2, -0.15) is 5.10 Å². The molecule has 0 aromatic carbocycles. The molecule has 178 valence electrons. The van der Waals surface area contributed by atoms with Crippen LogP contribution in [0.15, 0.2) is 52.9 Å². The molecule has 0 bridgehead atoms. The van der Waals surface area contributed by atoms with E-state index in [1.807, 2.05) is 47.4 Å². The third-order valence-corrected chi connectivity index (χ3v) is 7.68. The van der Waals surface area contributed by atoms with Gasteiger partial charge in [0.2, 0.25) is 5.91 Å². The summed E-state index contributed by atoms with van der Waals surface area (Å²) in [5, 5.41) is 12.3. The predicted molar refractivity (Wildman–Crippen MR) is 139 cm³/mol. The van der Waals surface area contributed by atoms with Gasteiger partial charge in [-0.25, -0.2) is 4.98 Å². The quantitative estimate of drug-likeness (QED) is 0.349. The highest BCUT2D eigenvalue weighted by molar-refractivity contribution is 7.17. The predicted octanol–water partition coefficient (Wildman–Crippen LogP) is 5.58. The molecule has 1 aliphatic heterocycles. The van der Waals surface area contributed by atoms with Crippen molar-refractivity contribution in [2.24, 2.45) is 0 Å². The molecule has 0 atom stereocenters. The van der Waals surface area contributed by atoms with Gasteiger partial charge in [-0.3, -0.25) is 14.5 Å². The molecule has 0 aliphatic carbocycles. The van der Waals surface area contributed by atoms with E-state index in [-0.39, 0.29) is 11.9 Å². The Kier molecular flexibility index (Phi) is 5.49. The standard InChI is InChI=1S/C26H26N6O2S/c1-3-28-26-25-20(10-23(34-25)22-15-35-24-13-27-7-4-19(22)24)21(12-29-26)17-11-30-32(14-17)18-5-8-31(9-6-18)16(2)33/h4,7,10-15,18H,3,5-6,8-9H2,1-2H3,(H,28,29). The number of carbonyl (C=O) groups excluding carboxylic acids is 1. The first-order valence-corrected chi connectivity index (χ1v) is 12.8. The number of pyridine rings is 2. The number of likely N-dealkylation sites (tertiary alicyclic amines) is 1. The second-order valence-electron chi connectivity index (χ2n) is 8.87. The summed E-state index contributed by atoms with van der Waals surface area (Å²) in [6, 6.07) is 4.42. The van der Waals surface area contributed by atoms with Crippen LogP contribution in [0, 0.1) is 0 Å². The van der Waals surface area contributed by atoms with E-state index in [2.05, 4.69) is 38.0 Å². The number of carbonyl (C=O) groups is 1. The van der Waals surface area contributed by atoms with E-state index in [1.165, 1.54) is 0 Å². The lowest BCUT2D eigenvalue weighted by Crippen LogP contribution is -2.37. The van der Waals surface area contributed by atoms with Gasteiger partial charge in [-0.05, 0) is 31.9 Å². The molecule has 6 heterocycles. The molecule has 9 heteroatoms. The third kappa shape index (κ3) is 3.85. The van der Waals surface area contributed by atoms with Gasteiger partial charge < -0.3 is 14.6 Å². The van der Waals surface area contributed by atoms with E-state index < -0.39 is 0 Å². The molecule has 1 fully saturated rings. The molecule has 35 heavy (non-hydrogen) atoms. The average Bonchev–Trinajstić information content (AvgIpc) is 3.62. The van der Waals surface area contributed by atoms with Crippen molar-refractivity contribution in [3.8, 4) is 22.5 Å². The highest BCUT2D eigenvalue weighted by Crippen LogP contribution is 2.41. The Labute approximate surface area is 206 Å². The lowest BCUT2D eigenvalue weighted by Gasteiger charge is -2.31. The zero-order valence-electron chi connectivity index (χ0n) is 19.7. The van der Waals surface area contributed by atoms with Crippen LogP contribution < -0.4 is 5.32 Å². The molecule has 5 aromatic heterocycles. The van der Waals surface area contributed by atoms with Crippen molar-refractivity contribution in [2.75, 3.05) is 25.0 Å². The maximum absolute atomic E-state index is 11.7. The number of rotatable bonds is 5. The van der Waals surface area contributed by atoms with Crippen molar-refractivity contribution in [2.45, 2.75) is 32.7 Å². The van der Waals surface area contributed by atoms with Crippen molar-refractivity contribution >= 4 is 44.1 Å². The lowest BCUT2D eigenvalue weighted by molar-refractivity contribution is -0.130. The molecule has 0 saturated carbocycles. The summed E-state index contributed by atoms with van der Waals surface area (Å²) in [6.07, 6.45) is 11.4. The van der Waals surface area contributed by atoms with Gasteiger partial charge in [-0.15, -0.1) is 11.3 Å². The molecular weight excluding hydrogens is 460 g/mol. The summed E-state index contributed by atoms with van der Waals surface area (Å²) < 4.78 is 9.59. The molecule has 0 unspecified atom stereocenters. The van der Waals surface area contributed by atoms with Crippen molar-refractivity contribution < 1.29 is 9.21 Å². The van der Waals surface area contributed by atoms with E-state index in [4.69, 9.17) is 4.42 Å². The molecule has 8 nitrogen and oxygen atoms in total. The molecule has 5 aromatic rings. The average molecular weight is 487 g/mol. The highest BCUT2D eigenvalue weighted by atomic mass is 32.1. The monoisotopic (exact) mass is 486 g/mol. The maximum atomic E-state index is 11.7.